The van der Waals surface area contributed by atoms with E-state index in [0.717, 1.165) is 46.3 Å². The molecule has 2 aromatic heterocycles. The third-order valence-corrected chi connectivity index (χ3v) is 7.34. The van der Waals surface area contributed by atoms with Crippen molar-refractivity contribution in [2.45, 2.75) is 26.2 Å². The van der Waals surface area contributed by atoms with E-state index >= 15 is 0 Å². The van der Waals surface area contributed by atoms with Gasteiger partial charge < -0.3 is 26.0 Å². The molecule has 7 nitrogen and oxygen atoms in total. The van der Waals surface area contributed by atoms with Gasteiger partial charge in [-0.1, -0.05) is 44.7 Å². The number of pyridine rings is 1. The van der Waals surface area contributed by atoms with E-state index < -0.39 is 5.97 Å². The highest BCUT2D eigenvalue weighted by Gasteiger charge is 2.11. The smallest absolute Gasteiger partial charge is 0.300 e. The maximum Gasteiger partial charge on any atom is 0.300 e. The third kappa shape index (κ3) is 8.59. The number of benzene rings is 2. The largest absolute Gasteiger partial charge is 0.481 e. The Balaban J connectivity index is 0.000000289. The monoisotopic (exact) mass is 519 g/mol. The van der Waals surface area contributed by atoms with Gasteiger partial charge in [-0.05, 0) is 87.5 Å². The average Bonchev–Trinajstić information content (AvgIpc) is 3.31. The Kier molecular flexibility index (Phi) is 10.5. The van der Waals surface area contributed by atoms with E-state index in [4.69, 9.17) is 15.6 Å². The lowest BCUT2D eigenvalue weighted by molar-refractivity contribution is -0.134. The number of piperidine rings is 1. The summed E-state index contributed by atoms with van der Waals surface area (Å²) in [5, 5.41) is 13.5. The van der Waals surface area contributed by atoms with E-state index in [0.29, 0.717) is 0 Å². The average molecular weight is 520 g/mol. The molecule has 4 aromatic rings. The summed E-state index contributed by atoms with van der Waals surface area (Å²) in [6.07, 6.45) is 6.11. The van der Waals surface area contributed by atoms with Crippen LogP contribution in [0.15, 0.2) is 66.9 Å². The fourth-order valence-corrected chi connectivity index (χ4v) is 5.12. The SMILES string of the molecule is CC(=O)O.CN1CCCCC1.CP(C)c1ccccc1Nc1ccnc2[nH]c(-c3ccc(N)cc3)cc12. The summed E-state index contributed by atoms with van der Waals surface area (Å²) in [7, 11) is 2.01. The number of carboxylic acids is 1. The van der Waals surface area contributed by atoms with Crippen molar-refractivity contribution >= 4 is 47.3 Å². The zero-order valence-corrected chi connectivity index (χ0v) is 23.1. The minimum atomic E-state index is -0.833. The van der Waals surface area contributed by atoms with E-state index in [9.17, 15) is 0 Å². The van der Waals surface area contributed by atoms with Gasteiger partial charge in [0.1, 0.15) is 5.65 Å². The van der Waals surface area contributed by atoms with Crippen molar-refractivity contribution in [3.8, 4) is 11.3 Å². The van der Waals surface area contributed by atoms with E-state index in [1.165, 1.54) is 37.7 Å². The summed E-state index contributed by atoms with van der Waals surface area (Å²) in [5.74, 6) is -0.833. The van der Waals surface area contributed by atoms with E-state index in [1.54, 1.807) is 0 Å². The molecule has 1 aliphatic heterocycles. The first kappa shape index (κ1) is 28.2. The number of likely N-dealkylation sites (tertiary alicyclic amines) is 1. The molecule has 5 N–H and O–H groups in total. The number of nitrogens with zero attached hydrogens (tertiary/aromatic N) is 2. The molecule has 8 heteroatoms. The quantitative estimate of drug-likeness (QED) is 0.191. The van der Waals surface area contributed by atoms with Crippen molar-refractivity contribution in [1.29, 1.82) is 0 Å². The van der Waals surface area contributed by atoms with Gasteiger partial charge in [0.2, 0.25) is 0 Å². The first-order valence-electron chi connectivity index (χ1n) is 12.5. The lowest BCUT2D eigenvalue weighted by atomic mass is 10.1. The molecule has 1 fully saturated rings. The first-order valence-corrected chi connectivity index (χ1v) is 14.7. The van der Waals surface area contributed by atoms with Crippen LogP contribution in [-0.4, -0.2) is 59.4 Å². The molecule has 1 saturated heterocycles. The van der Waals surface area contributed by atoms with Gasteiger partial charge in [0.25, 0.3) is 5.97 Å². The summed E-state index contributed by atoms with van der Waals surface area (Å²) in [6.45, 7) is 8.26. The summed E-state index contributed by atoms with van der Waals surface area (Å²) in [4.78, 5) is 19.3. The van der Waals surface area contributed by atoms with Crippen molar-refractivity contribution < 1.29 is 9.90 Å². The summed E-state index contributed by atoms with van der Waals surface area (Å²) < 4.78 is 0. The molecular weight excluding hydrogens is 481 g/mol. The number of carbonyl (C=O) groups is 1. The number of aromatic nitrogens is 2. The second-order valence-electron chi connectivity index (χ2n) is 9.35. The van der Waals surface area contributed by atoms with Crippen molar-refractivity contribution in [3.05, 3.63) is 66.9 Å². The third-order valence-electron chi connectivity index (χ3n) is 5.99. The number of fused-ring (bicyclic) bond motifs is 1. The number of para-hydroxylation sites is 1. The molecule has 0 aliphatic carbocycles. The molecule has 37 heavy (non-hydrogen) atoms. The molecule has 0 bridgehead atoms. The van der Waals surface area contributed by atoms with Crippen LogP contribution in [-0.2, 0) is 4.79 Å². The van der Waals surface area contributed by atoms with Crippen LogP contribution in [0.2, 0.25) is 0 Å². The van der Waals surface area contributed by atoms with Gasteiger partial charge in [0.05, 0.1) is 5.69 Å². The van der Waals surface area contributed by atoms with Gasteiger partial charge in [0.15, 0.2) is 0 Å². The van der Waals surface area contributed by atoms with Crippen LogP contribution in [0.5, 0.6) is 0 Å². The number of hydrogen-bond acceptors (Lipinski definition) is 5. The van der Waals surface area contributed by atoms with Crippen LogP contribution in [0, 0.1) is 0 Å². The second-order valence-corrected chi connectivity index (χ2v) is 11.6. The van der Waals surface area contributed by atoms with Crippen molar-refractivity contribution in [2.75, 3.05) is 44.5 Å². The minimum Gasteiger partial charge on any atom is -0.481 e. The molecule has 2 aromatic carbocycles. The number of nitrogens with two attached hydrogens (primary N) is 1. The molecule has 0 atom stereocenters. The van der Waals surface area contributed by atoms with Gasteiger partial charge in [0, 0.05) is 35.6 Å². The predicted molar refractivity (Wildman–Crippen MR) is 159 cm³/mol. The fraction of sp³-hybridized carbons (Fsp3) is 0.310. The second kappa shape index (κ2) is 13.8. The Morgan fingerprint density at radius 2 is 1.68 bits per heavy atom. The number of aromatic amines is 1. The van der Waals surface area contributed by atoms with Gasteiger partial charge in [-0.25, -0.2) is 4.98 Å². The molecule has 196 valence electrons. The Labute approximate surface area is 220 Å². The van der Waals surface area contributed by atoms with E-state index in [-0.39, 0.29) is 7.92 Å². The molecule has 5 rings (SSSR count). The highest BCUT2D eigenvalue weighted by molar-refractivity contribution is 7.64. The molecular formula is C29H38N5O2P. The zero-order valence-electron chi connectivity index (χ0n) is 22.2. The maximum atomic E-state index is 9.00. The van der Waals surface area contributed by atoms with Crippen LogP contribution in [0.3, 0.4) is 0 Å². The Morgan fingerprint density at radius 1 is 1.03 bits per heavy atom. The standard InChI is InChI=1S/C21H21N4P.C6H13N.C2H4O2/c1-26(2)20-6-4-3-5-18(20)24-17-11-12-23-21-16(17)13-19(25-21)14-7-9-15(22)10-8-14;1-7-5-3-2-4-6-7;1-2(3)4/h3-13H,22H2,1-2H3,(H2,23,24,25);2-6H2,1H3;1H3,(H,3,4). The summed E-state index contributed by atoms with van der Waals surface area (Å²) in [5.41, 5.74) is 11.8. The number of hydrogen-bond donors (Lipinski definition) is 4. The van der Waals surface area contributed by atoms with Gasteiger partial charge >= 0.3 is 0 Å². The molecule has 0 saturated carbocycles. The highest BCUT2D eigenvalue weighted by atomic mass is 31.1. The zero-order chi connectivity index (χ0) is 26.8. The van der Waals surface area contributed by atoms with Gasteiger partial charge in [-0.2, -0.15) is 0 Å². The number of H-pyrrole nitrogens is 1. The summed E-state index contributed by atoms with van der Waals surface area (Å²) in [6, 6.07) is 20.5. The maximum absolute atomic E-state index is 9.00. The van der Waals surface area contributed by atoms with Gasteiger partial charge in [-0.15, -0.1) is 0 Å². The number of aliphatic carboxylic acids is 1. The number of nitrogen functional groups attached to an aromatic ring is 1. The van der Waals surface area contributed by atoms with Crippen LogP contribution in [0.4, 0.5) is 17.1 Å². The molecule has 0 amide bonds. The Hall–Kier alpha value is -3.41. The molecule has 3 heterocycles. The topological polar surface area (TPSA) is 107 Å². The van der Waals surface area contributed by atoms with Crippen molar-refractivity contribution in [3.63, 3.8) is 0 Å². The van der Waals surface area contributed by atoms with Crippen LogP contribution < -0.4 is 16.4 Å². The molecule has 1 aliphatic rings. The summed E-state index contributed by atoms with van der Waals surface area (Å²) >= 11 is 0. The number of nitrogens with one attached hydrogen (secondary N) is 2. The molecule has 0 radical (unpaired) electrons. The first-order chi connectivity index (χ1) is 17.7. The van der Waals surface area contributed by atoms with Crippen molar-refractivity contribution in [2.24, 2.45) is 0 Å². The lowest BCUT2D eigenvalue weighted by Crippen LogP contribution is -2.24. The number of carboxylic acid groups (broad SMARTS) is 1. The fourth-order valence-electron chi connectivity index (χ4n) is 4.12. The molecule has 0 unspecified atom stereocenters. The predicted octanol–water partition coefficient (Wildman–Crippen LogP) is 6.12. The Bertz CT molecular complexity index is 1280. The van der Waals surface area contributed by atoms with E-state index in [2.05, 4.69) is 70.9 Å². The van der Waals surface area contributed by atoms with Crippen LogP contribution in [0.25, 0.3) is 22.3 Å². The van der Waals surface area contributed by atoms with E-state index in [1.807, 2.05) is 36.5 Å². The lowest BCUT2D eigenvalue weighted by Gasteiger charge is -2.20. The number of rotatable bonds is 4. The number of anilines is 3. The van der Waals surface area contributed by atoms with Gasteiger partial charge in [-0.3, -0.25) is 4.79 Å². The Morgan fingerprint density at radius 3 is 2.27 bits per heavy atom. The van der Waals surface area contributed by atoms with Crippen LogP contribution in [0.1, 0.15) is 26.2 Å². The molecule has 0 spiro atoms. The normalized spacial score (nSPS) is 13.3. The highest BCUT2D eigenvalue weighted by Crippen LogP contribution is 2.33. The van der Waals surface area contributed by atoms with Crippen molar-refractivity contribution in [1.82, 2.24) is 14.9 Å². The van der Waals surface area contributed by atoms with Crippen LogP contribution >= 0.6 is 7.92 Å². The minimum absolute atomic E-state index is 0.188.